The molecule has 1 aromatic heterocycles. The van der Waals surface area contributed by atoms with Crippen molar-refractivity contribution in [1.29, 1.82) is 0 Å². The van der Waals surface area contributed by atoms with Crippen LogP contribution in [0.25, 0.3) is 0 Å². The lowest BCUT2D eigenvalue weighted by atomic mass is 9.79. The van der Waals surface area contributed by atoms with Gasteiger partial charge in [0.1, 0.15) is 0 Å². The molecular weight excluding hydrogens is 260 g/mol. The minimum atomic E-state index is -0.751. The standard InChI is InChI=1S/C14H20N2O4/c17-14(18)11-4-2-1-3-10(11)13-15-12(16-20-13)7-9-5-6-19-8-9/h9-11H,1-8H2,(H,17,18). The van der Waals surface area contributed by atoms with Crippen LogP contribution < -0.4 is 0 Å². The van der Waals surface area contributed by atoms with E-state index in [0.717, 1.165) is 45.3 Å². The quantitative estimate of drug-likeness (QED) is 0.908. The Balaban J connectivity index is 1.69. The van der Waals surface area contributed by atoms with Crippen LogP contribution in [0.4, 0.5) is 0 Å². The predicted molar refractivity (Wildman–Crippen MR) is 69.3 cm³/mol. The molecule has 0 amide bonds. The number of carboxylic acid groups (broad SMARTS) is 1. The van der Waals surface area contributed by atoms with E-state index >= 15 is 0 Å². The number of hydrogen-bond donors (Lipinski definition) is 1. The summed E-state index contributed by atoms with van der Waals surface area (Å²) >= 11 is 0. The van der Waals surface area contributed by atoms with Crippen LogP contribution in [-0.4, -0.2) is 34.4 Å². The third-order valence-electron chi connectivity index (χ3n) is 4.38. The Bertz CT molecular complexity index is 467. The topological polar surface area (TPSA) is 85.5 Å². The number of nitrogens with zero attached hydrogens (tertiary/aromatic N) is 2. The lowest BCUT2D eigenvalue weighted by Gasteiger charge is -2.25. The summed E-state index contributed by atoms with van der Waals surface area (Å²) in [6.07, 6.45) is 5.31. The SMILES string of the molecule is O=C(O)C1CCCCC1c1nc(CC2CCOC2)no1. The molecule has 1 N–H and O–H groups in total. The smallest absolute Gasteiger partial charge is 0.307 e. The number of rotatable bonds is 4. The highest BCUT2D eigenvalue weighted by molar-refractivity contribution is 5.71. The highest BCUT2D eigenvalue weighted by Crippen LogP contribution is 2.37. The van der Waals surface area contributed by atoms with Crippen molar-refractivity contribution in [3.05, 3.63) is 11.7 Å². The Morgan fingerprint density at radius 1 is 1.30 bits per heavy atom. The zero-order valence-corrected chi connectivity index (χ0v) is 11.5. The molecule has 20 heavy (non-hydrogen) atoms. The van der Waals surface area contributed by atoms with Gasteiger partial charge in [0.05, 0.1) is 11.8 Å². The number of carboxylic acids is 1. The number of hydrogen-bond acceptors (Lipinski definition) is 5. The van der Waals surface area contributed by atoms with Crippen molar-refractivity contribution in [2.75, 3.05) is 13.2 Å². The van der Waals surface area contributed by atoms with Crippen LogP contribution in [0.2, 0.25) is 0 Å². The minimum Gasteiger partial charge on any atom is -0.481 e. The Morgan fingerprint density at radius 2 is 2.15 bits per heavy atom. The van der Waals surface area contributed by atoms with Gasteiger partial charge in [-0.1, -0.05) is 18.0 Å². The first-order valence-corrected chi connectivity index (χ1v) is 7.37. The molecule has 1 aliphatic carbocycles. The van der Waals surface area contributed by atoms with Gasteiger partial charge in [0.15, 0.2) is 5.82 Å². The van der Waals surface area contributed by atoms with Crippen LogP contribution >= 0.6 is 0 Å². The van der Waals surface area contributed by atoms with Gasteiger partial charge in [-0.3, -0.25) is 4.79 Å². The van der Waals surface area contributed by atoms with Crippen LogP contribution in [0, 0.1) is 11.8 Å². The first-order valence-electron chi connectivity index (χ1n) is 7.37. The lowest BCUT2D eigenvalue weighted by molar-refractivity contribution is -0.143. The van der Waals surface area contributed by atoms with E-state index in [-0.39, 0.29) is 11.8 Å². The van der Waals surface area contributed by atoms with Crippen molar-refractivity contribution < 1.29 is 19.2 Å². The maximum Gasteiger partial charge on any atom is 0.307 e. The molecule has 110 valence electrons. The Morgan fingerprint density at radius 3 is 2.90 bits per heavy atom. The van der Waals surface area contributed by atoms with Gasteiger partial charge in [-0.25, -0.2) is 0 Å². The Labute approximate surface area is 117 Å². The van der Waals surface area contributed by atoms with Crippen molar-refractivity contribution in [3.63, 3.8) is 0 Å². The van der Waals surface area contributed by atoms with E-state index in [9.17, 15) is 9.90 Å². The van der Waals surface area contributed by atoms with Crippen LogP contribution in [0.15, 0.2) is 4.52 Å². The van der Waals surface area contributed by atoms with Crippen LogP contribution in [-0.2, 0) is 16.0 Å². The minimum absolute atomic E-state index is 0.123. The molecule has 3 unspecified atom stereocenters. The van der Waals surface area contributed by atoms with Gasteiger partial charge in [-0.2, -0.15) is 4.98 Å². The third-order valence-corrected chi connectivity index (χ3v) is 4.38. The summed E-state index contributed by atoms with van der Waals surface area (Å²) in [7, 11) is 0. The Hall–Kier alpha value is -1.43. The zero-order chi connectivity index (χ0) is 13.9. The molecule has 0 aromatic carbocycles. The first-order chi connectivity index (χ1) is 9.74. The average Bonchev–Trinajstić information content (AvgIpc) is 3.11. The highest BCUT2D eigenvalue weighted by Gasteiger charge is 2.35. The molecule has 1 aromatic rings. The van der Waals surface area contributed by atoms with Gasteiger partial charge < -0.3 is 14.4 Å². The fourth-order valence-electron chi connectivity index (χ4n) is 3.23. The van der Waals surface area contributed by atoms with Crippen LogP contribution in [0.5, 0.6) is 0 Å². The van der Waals surface area contributed by atoms with Gasteiger partial charge in [-0.05, 0) is 25.2 Å². The molecule has 1 aliphatic heterocycles. The summed E-state index contributed by atoms with van der Waals surface area (Å²) < 4.78 is 10.7. The summed E-state index contributed by atoms with van der Waals surface area (Å²) in [5.41, 5.74) is 0. The number of ether oxygens (including phenoxy) is 1. The van der Waals surface area contributed by atoms with Crippen LogP contribution in [0.1, 0.15) is 49.7 Å². The summed E-state index contributed by atoms with van der Waals surface area (Å²) in [6, 6.07) is 0. The Kier molecular flexibility index (Phi) is 4.00. The molecule has 0 bridgehead atoms. The fraction of sp³-hybridized carbons (Fsp3) is 0.786. The first kappa shape index (κ1) is 13.5. The maximum absolute atomic E-state index is 11.3. The van der Waals surface area contributed by atoms with Gasteiger partial charge >= 0.3 is 5.97 Å². The van der Waals surface area contributed by atoms with Gasteiger partial charge in [0.2, 0.25) is 5.89 Å². The molecule has 1 saturated carbocycles. The second-order valence-electron chi connectivity index (χ2n) is 5.82. The average molecular weight is 280 g/mol. The van der Waals surface area contributed by atoms with Crippen molar-refractivity contribution in [2.24, 2.45) is 11.8 Å². The second-order valence-corrected chi connectivity index (χ2v) is 5.82. The normalized spacial score (nSPS) is 30.5. The summed E-state index contributed by atoms with van der Waals surface area (Å²) in [5.74, 6) is 0.395. The monoisotopic (exact) mass is 280 g/mol. The van der Waals surface area contributed by atoms with E-state index in [1.165, 1.54) is 0 Å². The second kappa shape index (κ2) is 5.91. The van der Waals surface area contributed by atoms with E-state index in [0.29, 0.717) is 24.1 Å². The zero-order valence-electron chi connectivity index (χ0n) is 11.5. The molecular formula is C14H20N2O4. The molecule has 6 nitrogen and oxygen atoms in total. The van der Waals surface area contributed by atoms with Gasteiger partial charge in [0, 0.05) is 19.6 Å². The van der Waals surface area contributed by atoms with E-state index < -0.39 is 5.97 Å². The fourth-order valence-corrected chi connectivity index (χ4v) is 3.23. The molecule has 0 radical (unpaired) electrons. The lowest BCUT2D eigenvalue weighted by Crippen LogP contribution is -2.25. The van der Waals surface area contributed by atoms with Crippen LogP contribution in [0.3, 0.4) is 0 Å². The van der Waals surface area contributed by atoms with Gasteiger partial charge in [-0.15, -0.1) is 0 Å². The number of aliphatic carboxylic acids is 1. The van der Waals surface area contributed by atoms with Crippen molar-refractivity contribution >= 4 is 5.97 Å². The molecule has 6 heteroatoms. The predicted octanol–water partition coefficient (Wildman–Crippen LogP) is 2.01. The molecule has 3 atom stereocenters. The summed E-state index contributed by atoms with van der Waals surface area (Å²) in [4.78, 5) is 15.8. The maximum atomic E-state index is 11.3. The van der Waals surface area contributed by atoms with Crippen molar-refractivity contribution in [3.8, 4) is 0 Å². The molecule has 1 saturated heterocycles. The molecule has 2 fully saturated rings. The van der Waals surface area contributed by atoms with Crippen molar-refractivity contribution in [1.82, 2.24) is 10.1 Å². The molecule has 2 heterocycles. The van der Waals surface area contributed by atoms with E-state index in [1.807, 2.05) is 0 Å². The summed E-state index contributed by atoms with van der Waals surface area (Å²) in [6.45, 7) is 1.56. The van der Waals surface area contributed by atoms with Crippen molar-refractivity contribution in [2.45, 2.75) is 44.4 Å². The molecule has 0 spiro atoms. The molecule has 3 rings (SSSR count). The molecule has 2 aliphatic rings. The number of aromatic nitrogens is 2. The van der Waals surface area contributed by atoms with Gasteiger partial charge in [0.25, 0.3) is 0 Å². The third kappa shape index (κ3) is 2.85. The highest BCUT2D eigenvalue weighted by atomic mass is 16.5. The van der Waals surface area contributed by atoms with E-state index in [4.69, 9.17) is 9.26 Å². The largest absolute Gasteiger partial charge is 0.481 e. The van der Waals surface area contributed by atoms with E-state index in [2.05, 4.69) is 10.1 Å². The number of carbonyl (C=O) groups is 1. The van der Waals surface area contributed by atoms with E-state index in [1.54, 1.807) is 0 Å². The summed E-state index contributed by atoms with van der Waals surface area (Å²) in [5, 5.41) is 13.3.